The molecule has 5 heteroatoms. The van der Waals surface area contributed by atoms with Gasteiger partial charge >= 0.3 is 0 Å². The van der Waals surface area contributed by atoms with Gasteiger partial charge in [0, 0.05) is 38.8 Å². The lowest BCUT2D eigenvalue weighted by molar-refractivity contribution is 0.333. The van der Waals surface area contributed by atoms with E-state index in [0.717, 1.165) is 50.3 Å². The van der Waals surface area contributed by atoms with Crippen LogP contribution in [0.1, 0.15) is 19.3 Å². The second-order valence-corrected chi connectivity index (χ2v) is 5.18. The van der Waals surface area contributed by atoms with Gasteiger partial charge in [0.1, 0.15) is 18.0 Å². The second-order valence-electron chi connectivity index (χ2n) is 5.18. The summed E-state index contributed by atoms with van der Waals surface area (Å²) >= 11 is 0. The molecule has 1 aliphatic heterocycles. The average Bonchev–Trinajstić information content (AvgIpc) is 2.38. The quantitative estimate of drug-likeness (QED) is 0.834. The fourth-order valence-corrected chi connectivity index (χ4v) is 2.46. The molecule has 1 aromatic heterocycles. The number of aromatic nitrogens is 2. The molecule has 0 radical (unpaired) electrons. The molecule has 2 fully saturated rings. The van der Waals surface area contributed by atoms with Gasteiger partial charge in [-0.2, -0.15) is 0 Å². The molecule has 1 saturated heterocycles. The monoisotopic (exact) mass is 247 g/mol. The van der Waals surface area contributed by atoms with Crippen molar-refractivity contribution in [3.63, 3.8) is 0 Å². The van der Waals surface area contributed by atoms with Gasteiger partial charge in [-0.15, -0.1) is 0 Å². The van der Waals surface area contributed by atoms with E-state index in [1.165, 1.54) is 19.3 Å². The van der Waals surface area contributed by atoms with Gasteiger partial charge in [-0.05, 0) is 18.8 Å². The number of piperazine rings is 1. The Morgan fingerprint density at radius 3 is 2.83 bits per heavy atom. The first-order valence-electron chi connectivity index (χ1n) is 6.93. The van der Waals surface area contributed by atoms with E-state index in [-0.39, 0.29) is 0 Å². The van der Waals surface area contributed by atoms with Crippen molar-refractivity contribution in [2.75, 3.05) is 42.9 Å². The summed E-state index contributed by atoms with van der Waals surface area (Å²) in [5, 5.41) is 6.79. The third-order valence-corrected chi connectivity index (χ3v) is 3.89. The first kappa shape index (κ1) is 11.7. The van der Waals surface area contributed by atoms with Crippen LogP contribution in [0.25, 0.3) is 0 Å². The summed E-state index contributed by atoms with van der Waals surface area (Å²) in [5.74, 6) is 2.86. The number of nitrogens with one attached hydrogen (secondary N) is 2. The first-order valence-corrected chi connectivity index (χ1v) is 6.93. The Balaban J connectivity index is 1.60. The lowest BCUT2D eigenvalue weighted by atomic mass is 9.85. The fourth-order valence-electron chi connectivity index (χ4n) is 2.46. The van der Waals surface area contributed by atoms with E-state index >= 15 is 0 Å². The minimum atomic E-state index is 0.850. The summed E-state index contributed by atoms with van der Waals surface area (Å²) in [6.07, 6.45) is 5.79. The van der Waals surface area contributed by atoms with Gasteiger partial charge < -0.3 is 15.5 Å². The van der Waals surface area contributed by atoms with Crippen molar-refractivity contribution in [2.45, 2.75) is 19.3 Å². The van der Waals surface area contributed by atoms with Gasteiger partial charge in [-0.1, -0.05) is 6.42 Å². The average molecular weight is 247 g/mol. The van der Waals surface area contributed by atoms with Crippen molar-refractivity contribution >= 4 is 11.6 Å². The van der Waals surface area contributed by atoms with Gasteiger partial charge in [0.25, 0.3) is 0 Å². The van der Waals surface area contributed by atoms with Crippen molar-refractivity contribution in [1.29, 1.82) is 0 Å². The van der Waals surface area contributed by atoms with Crippen LogP contribution in [0.2, 0.25) is 0 Å². The summed E-state index contributed by atoms with van der Waals surface area (Å²) in [6, 6.07) is 2.07. The predicted molar refractivity (Wildman–Crippen MR) is 72.9 cm³/mol. The fraction of sp³-hybridized carbons (Fsp3) is 0.692. The lowest BCUT2D eigenvalue weighted by Crippen LogP contribution is -2.43. The van der Waals surface area contributed by atoms with E-state index in [4.69, 9.17) is 0 Å². The van der Waals surface area contributed by atoms with E-state index in [0.29, 0.717) is 0 Å². The Labute approximate surface area is 108 Å². The molecule has 1 aliphatic carbocycles. The van der Waals surface area contributed by atoms with Crippen molar-refractivity contribution in [1.82, 2.24) is 15.3 Å². The normalized spacial score (nSPS) is 20.6. The van der Waals surface area contributed by atoms with E-state index in [1.807, 2.05) is 0 Å². The summed E-state index contributed by atoms with van der Waals surface area (Å²) in [7, 11) is 0. The van der Waals surface area contributed by atoms with Crippen LogP contribution in [0.5, 0.6) is 0 Å². The maximum absolute atomic E-state index is 4.37. The standard InChI is InChI=1S/C13H21N5/c1-2-11(3-1)9-15-12-8-13(17-10-16-12)18-6-4-14-5-7-18/h8,10-11,14H,1-7,9H2,(H,15,16,17). The van der Waals surface area contributed by atoms with Crippen LogP contribution < -0.4 is 15.5 Å². The van der Waals surface area contributed by atoms with Crippen molar-refractivity contribution < 1.29 is 0 Å². The Kier molecular flexibility index (Phi) is 3.59. The molecule has 0 aromatic carbocycles. The zero-order valence-corrected chi connectivity index (χ0v) is 10.7. The third kappa shape index (κ3) is 2.72. The van der Waals surface area contributed by atoms with Crippen LogP contribution in [0.3, 0.4) is 0 Å². The Morgan fingerprint density at radius 1 is 1.28 bits per heavy atom. The van der Waals surface area contributed by atoms with Gasteiger partial charge in [-0.25, -0.2) is 9.97 Å². The van der Waals surface area contributed by atoms with Gasteiger partial charge in [0.15, 0.2) is 0 Å². The first-order chi connectivity index (χ1) is 8.92. The molecule has 2 heterocycles. The van der Waals surface area contributed by atoms with Crippen molar-refractivity contribution in [3.05, 3.63) is 12.4 Å². The minimum Gasteiger partial charge on any atom is -0.370 e. The summed E-state index contributed by atoms with van der Waals surface area (Å²) in [6.45, 7) is 5.18. The number of nitrogens with zero attached hydrogens (tertiary/aromatic N) is 3. The third-order valence-electron chi connectivity index (χ3n) is 3.89. The van der Waals surface area contributed by atoms with Gasteiger partial charge in [0.05, 0.1) is 0 Å². The molecule has 3 rings (SSSR count). The zero-order chi connectivity index (χ0) is 12.2. The van der Waals surface area contributed by atoms with Crippen molar-refractivity contribution in [3.8, 4) is 0 Å². The Bertz CT molecular complexity index is 385. The molecule has 0 unspecified atom stereocenters. The number of hydrogen-bond donors (Lipinski definition) is 2. The minimum absolute atomic E-state index is 0.850. The van der Waals surface area contributed by atoms with E-state index in [9.17, 15) is 0 Å². The molecule has 0 bridgehead atoms. The largest absolute Gasteiger partial charge is 0.370 e. The Hall–Kier alpha value is -1.36. The maximum Gasteiger partial charge on any atom is 0.134 e. The second kappa shape index (κ2) is 5.52. The number of anilines is 2. The van der Waals surface area contributed by atoms with Crippen molar-refractivity contribution in [2.24, 2.45) is 5.92 Å². The van der Waals surface area contributed by atoms with E-state index < -0.39 is 0 Å². The topological polar surface area (TPSA) is 53.1 Å². The molecule has 2 N–H and O–H groups in total. The highest BCUT2D eigenvalue weighted by Gasteiger charge is 2.17. The van der Waals surface area contributed by atoms with Crippen LogP contribution in [-0.2, 0) is 0 Å². The maximum atomic E-state index is 4.37. The summed E-state index contributed by atoms with van der Waals surface area (Å²) < 4.78 is 0. The van der Waals surface area contributed by atoms with Gasteiger partial charge in [-0.3, -0.25) is 0 Å². The van der Waals surface area contributed by atoms with Crippen LogP contribution in [0.15, 0.2) is 12.4 Å². The SMILES string of the molecule is c1nc(NCC2CCC2)cc(N2CCNCC2)n1. The number of hydrogen-bond acceptors (Lipinski definition) is 5. The molecule has 0 atom stereocenters. The highest BCUT2D eigenvalue weighted by Crippen LogP contribution is 2.26. The summed E-state index contributed by atoms with van der Waals surface area (Å²) in [5.41, 5.74) is 0. The highest BCUT2D eigenvalue weighted by atomic mass is 15.2. The lowest BCUT2D eigenvalue weighted by Gasteiger charge is -2.29. The van der Waals surface area contributed by atoms with E-state index in [1.54, 1.807) is 6.33 Å². The smallest absolute Gasteiger partial charge is 0.134 e. The highest BCUT2D eigenvalue weighted by molar-refractivity contribution is 5.48. The molecule has 18 heavy (non-hydrogen) atoms. The van der Waals surface area contributed by atoms with Crippen LogP contribution in [0, 0.1) is 5.92 Å². The molecule has 1 saturated carbocycles. The molecule has 0 amide bonds. The van der Waals surface area contributed by atoms with Crippen LogP contribution in [0.4, 0.5) is 11.6 Å². The molecule has 2 aliphatic rings. The zero-order valence-electron chi connectivity index (χ0n) is 10.7. The van der Waals surface area contributed by atoms with Crippen LogP contribution in [-0.4, -0.2) is 42.7 Å². The molecule has 1 aromatic rings. The molecular weight excluding hydrogens is 226 g/mol. The molecule has 0 spiro atoms. The summed E-state index contributed by atoms with van der Waals surface area (Å²) in [4.78, 5) is 11.0. The molecular formula is C13H21N5. The number of rotatable bonds is 4. The Morgan fingerprint density at radius 2 is 2.11 bits per heavy atom. The predicted octanol–water partition coefficient (Wildman–Crippen LogP) is 1.10. The molecule has 98 valence electrons. The van der Waals surface area contributed by atoms with E-state index in [2.05, 4.69) is 31.6 Å². The van der Waals surface area contributed by atoms with Crippen LogP contribution >= 0.6 is 0 Å². The van der Waals surface area contributed by atoms with Gasteiger partial charge in [0.2, 0.25) is 0 Å². The molecule has 5 nitrogen and oxygen atoms in total.